The van der Waals surface area contributed by atoms with Crippen LogP contribution in [-0.2, 0) is 16.0 Å². The van der Waals surface area contributed by atoms with Crippen LogP contribution in [-0.4, -0.2) is 43.2 Å². The molecule has 0 radical (unpaired) electrons. The normalized spacial score (nSPS) is 20.6. The molecule has 3 N–H and O–H groups in total. The Kier molecular flexibility index (Phi) is 3.96. The van der Waals surface area contributed by atoms with Crippen LogP contribution in [0, 0.1) is 0 Å². The summed E-state index contributed by atoms with van der Waals surface area (Å²) in [6.07, 6.45) is 2.71. The average molecular weight is 223 g/mol. The summed E-state index contributed by atoms with van der Waals surface area (Å²) in [6, 6.07) is 3.76. The molecule has 0 saturated carbocycles. The topological polar surface area (TPSA) is 66.2 Å². The first-order valence-electron chi connectivity index (χ1n) is 5.57. The Bertz CT molecular complexity index is 318. The molecule has 1 aliphatic rings. The number of hydrogen-bond acceptors (Lipinski definition) is 3. The molecule has 0 aromatic carbocycles. The van der Waals surface area contributed by atoms with E-state index in [2.05, 4.69) is 15.6 Å². The van der Waals surface area contributed by atoms with Crippen LogP contribution < -0.4 is 10.6 Å². The van der Waals surface area contributed by atoms with Gasteiger partial charge in [0.15, 0.2) is 0 Å². The molecule has 1 unspecified atom stereocenters. The van der Waals surface area contributed by atoms with Gasteiger partial charge in [-0.15, -0.1) is 0 Å². The van der Waals surface area contributed by atoms with E-state index in [0.29, 0.717) is 19.8 Å². The summed E-state index contributed by atoms with van der Waals surface area (Å²) in [5.41, 5.74) is 1.13. The zero-order valence-electron chi connectivity index (χ0n) is 9.16. The van der Waals surface area contributed by atoms with Crippen molar-refractivity contribution < 1.29 is 9.53 Å². The van der Waals surface area contributed by atoms with Gasteiger partial charge in [0.25, 0.3) is 0 Å². The van der Waals surface area contributed by atoms with Crippen molar-refractivity contribution in [2.75, 3.05) is 26.3 Å². The maximum Gasteiger partial charge on any atom is 0.239 e. The average Bonchev–Trinajstić information content (AvgIpc) is 2.83. The molecule has 5 nitrogen and oxygen atoms in total. The summed E-state index contributed by atoms with van der Waals surface area (Å²) < 4.78 is 5.23. The van der Waals surface area contributed by atoms with Crippen LogP contribution >= 0.6 is 0 Å². The Morgan fingerprint density at radius 2 is 2.56 bits per heavy atom. The van der Waals surface area contributed by atoms with Crippen molar-refractivity contribution in [3.05, 3.63) is 24.0 Å². The zero-order chi connectivity index (χ0) is 11.2. The van der Waals surface area contributed by atoms with Gasteiger partial charge in [0.1, 0.15) is 6.04 Å². The lowest BCUT2D eigenvalue weighted by atomic mass is 10.2. The van der Waals surface area contributed by atoms with E-state index in [4.69, 9.17) is 4.74 Å². The van der Waals surface area contributed by atoms with E-state index in [9.17, 15) is 4.79 Å². The van der Waals surface area contributed by atoms with Crippen LogP contribution in [0.25, 0.3) is 0 Å². The number of nitrogens with one attached hydrogen (secondary N) is 3. The Balaban J connectivity index is 1.67. The fraction of sp³-hybridized carbons (Fsp3) is 0.545. The molecule has 1 aromatic rings. The van der Waals surface area contributed by atoms with Crippen molar-refractivity contribution in [3.63, 3.8) is 0 Å². The Morgan fingerprint density at radius 3 is 3.25 bits per heavy atom. The molecule has 88 valence electrons. The lowest BCUT2D eigenvalue weighted by Gasteiger charge is -2.22. The van der Waals surface area contributed by atoms with E-state index in [-0.39, 0.29) is 11.9 Å². The van der Waals surface area contributed by atoms with Gasteiger partial charge in [-0.1, -0.05) is 0 Å². The molecular formula is C11H17N3O2. The standard InChI is InChI=1S/C11H17N3O2/c15-11(10-8-16-7-6-13-10)14-5-3-9-2-1-4-12-9/h1-2,4,10,12-13H,3,5-8H2,(H,14,15). The van der Waals surface area contributed by atoms with E-state index < -0.39 is 0 Å². The van der Waals surface area contributed by atoms with Crippen molar-refractivity contribution >= 4 is 5.91 Å². The van der Waals surface area contributed by atoms with Crippen LogP contribution in [0.2, 0.25) is 0 Å². The summed E-state index contributed by atoms with van der Waals surface area (Å²) in [6.45, 7) is 2.55. The van der Waals surface area contributed by atoms with Gasteiger partial charge < -0.3 is 20.4 Å². The van der Waals surface area contributed by atoms with Gasteiger partial charge in [-0.2, -0.15) is 0 Å². The van der Waals surface area contributed by atoms with Crippen molar-refractivity contribution in [1.82, 2.24) is 15.6 Å². The van der Waals surface area contributed by atoms with Gasteiger partial charge in [0, 0.05) is 31.4 Å². The van der Waals surface area contributed by atoms with E-state index in [0.717, 1.165) is 18.7 Å². The molecule has 1 atom stereocenters. The number of ether oxygens (including phenoxy) is 1. The summed E-state index contributed by atoms with van der Waals surface area (Å²) in [5, 5.41) is 6.01. The number of H-pyrrole nitrogens is 1. The predicted octanol–water partition coefficient (Wildman–Crippen LogP) is -0.338. The van der Waals surface area contributed by atoms with Crippen LogP contribution in [0.4, 0.5) is 0 Å². The van der Waals surface area contributed by atoms with Crippen molar-refractivity contribution in [2.24, 2.45) is 0 Å². The summed E-state index contributed by atoms with van der Waals surface area (Å²) in [4.78, 5) is 14.8. The summed E-state index contributed by atoms with van der Waals surface area (Å²) in [5.74, 6) is 0.0197. The highest BCUT2D eigenvalue weighted by Crippen LogP contribution is 1.96. The molecule has 16 heavy (non-hydrogen) atoms. The van der Waals surface area contributed by atoms with Crippen LogP contribution in [0.3, 0.4) is 0 Å². The highest BCUT2D eigenvalue weighted by molar-refractivity contribution is 5.81. The van der Waals surface area contributed by atoms with Gasteiger partial charge in [-0.05, 0) is 12.1 Å². The molecule has 5 heteroatoms. The van der Waals surface area contributed by atoms with Gasteiger partial charge in [0.05, 0.1) is 13.2 Å². The molecule has 0 spiro atoms. The highest BCUT2D eigenvalue weighted by Gasteiger charge is 2.20. The maximum absolute atomic E-state index is 11.7. The Hall–Kier alpha value is -1.33. The molecule has 0 bridgehead atoms. The van der Waals surface area contributed by atoms with Crippen LogP contribution in [0.15, 0.2) is 18.3 Å². The number of aromatic amines is 1. The number of rotatable bonds is 4. The first-order chi connectivity index (χ1) is 7.86. The fourth-order valence-corrected chi connectivity index (χ4v) is 1.70. The zero-order valence-corrected chi connectivity index (χ0v) is 9.16. The second kappa shape index (κ2) is 5.67. The molecule has 1 aliphatic heterocycles. The number of carbonyl (C=O) groups excluding carboxylic acids is 1. The van der Waals surface area contributed by atoms with E-state index in [1.54, 1.807) is 0 Å². The van der Waals surface area contributed by atoms with E-state index in [1.807, 2.05) is 18.3 Å². The number of carbonyl (C=O) groups is 1. The molecule has 0 aliphatic carbocycles. The number of morpholine rings is 1. The molecule has 2 rings (SSSR count). The lowest BCUT2D eigenvalue weighted by Crippen LogP contribution is -2.51. The third-order valence-corrected chi connectivity index (χ3v) is 2.59. The second-order valence-electron chi connectivity index (χ2n) is 3.82. The van der Waals surface area contributed by atoms with Gasteiger partial charge in [0.2, 0.25) is 5.91 Å². The van der Waals surface area contributed by atoms with Crippen molar-refractivity contribution in [1.29, 1.82) is 0 Å². The van der Waals surface area contributed by atoms with Gasteiger partial charge >= 0.3 is 0 Å². The predicted molar refractivity (Wildman–Crippen MR) is 60.1 cm³/mol. The third kappa shape index (κ3) is 3.08. The first-order valence-corrected chi connectivity index (χ1v) is 5.57. The lowest BCUT2D eigenvalue weighted by molar-refractivity contribution is -0.125. The number of amides is 1. The second-order valence-corrected chi connectivity index (χ2v) is 3.82. The highest BCUT2D eigenvalue weighted by atomic mass is 16.5. The molecular weight excluding hydrogens is 206 g/mol. The van der Waals surface area contributed by atoms with Gasteiger partial charge in [-0.25, -0.2) is 0 Å². The molecule has 1 fully saturated rings. The minimum absolute atomic E-state index is 0.0197. The molecule has 1 saturated heterocycles. The van der Waals surface area contributed by atoms with Gasteiger partial charge in [-0.3, -0.25) is 4.79 Å². The van der Waals surface area contributed by atoms with Crippen LogP contribution in [0.5, 0.6) is 0 Å². The maximum atomic E-state index is 11.7. The summed E-state index contributed by atoms with van der Waals surface area (Å²) in [7, 11) is 0. The Morgan fingerprint density at radius 1 is 1.62 bits per heavy atom. The molecule has 1 aromatic heterocycles. The minimum Gasteiger partial charge on any atom is -0.378 e. The quantitative estimate of drug-likeness (QED) is 0.654. The molecule has 1 amide bonds. The summed E-state index contributed by atoms with van der Waals surface area (Å²) >= 11 is 0. The van der Waals surface area contributed by atoms with Crippen molar-refractivity contribution in [3.8, 4) is 0 Å². The first kappa shape index (κ1) is 11.2. The van der Waals surface area contributed by atoms with E-state index in [1.165, 1.54) is 0 Å². The number of hydrogen-bond donors (Lipinski definition) is 3. The smallest absolute Gasteiger partial charge is 0.239 e. The van der Waals surface area contributed by atoms with E-state index >= 15 is 0 Å². The molecule has 2 heterocycles. The van der Waals surface area contributed by atoms with Crippen LogP contribution in [0.1, 0.15) is 5.69 Å². The third-order valence-electron chi connectivity index (χ3n) is 2.59. The number of aromatic nitrogens is 1. The Labute approximate surface area is 94.6 Å². The monoisotopic (exact) mass is 223 g/mol. The SMILES string of the molecule is O=C(NCCc1ccc[nH]1)C1COCCN1. The largest absolute Gasteiger partial charge is 0.378 e. The van der Waals surface area contributed by atoms with Crippen molar-refractivity contribution in [2.45, 2.75) is 12.5 Å². The minimum atomic E-state index is -0.197. The fourth-order valence-electron chi connectivity index (χ4n) is 1.70.